The number of unbranched alkanes of at least 4 members (excludes halogenated alkanes) is 23. The van der Waals surface area contributed by atoms with E-state index in [-0.39, 0.29) is 19.3 Å². The fraction of sp³-hybridized carbons (Fsp3) is 0.611. The second-order valence-electron chi connectivity index (χ2n) is 28.2. The number of phosphoric ester groups is 2. The summed E-state index contributed by atoms with van der Waals surface area (Å²) in [5.74, 6) is -1.65. The van der Waals surface area contributed by atoms with Gasteiger partial charge in [0, 0.05) is 19.3 Å². The number of aliphatic hydroxyl groups is 2. The summed E-state index contributed by atoms with van der Waals surface area (Å²) in [6.07, 6.45) is 114. The topological polar surface area (TPSA) is 231 Å². The van der Waals surface area contributed by atoms with Gasteiger partial charge in [-0.15, -0.1) is 0 Å². The van der Waals surface area contributed by atoms with Gasteiger partial charge in [0.15, 0.2) is 6.10 Å². The predicted octanol–water partition coefficient (Wildman–Crippen LogP) is 26.4. The van der Waals surface area contributed by atoms with Gasteiger partial charge in [0.05, 0.1) is 26.4 Å². The van der Waals surface area contributed by atoms with Crippen molar-refractivity contribution in [3.63, 3.8) is 0 Å². The third-order valence-corrected chi connectivity index (χ3v) is 19.4. The molecule has 0 aromatic rings. The molecule has 0 heterocycles. The van der Waals surface area contributed by atoms with Crippen molar-refractivity contribution < 1.29 is 75.8 Å². The smallest absolute Gasteiger partial charge is 0.463 e. The molecule has 0 radical (unpaired) electrons. The van der Waals surface area contributed by atoms with Gasteiger partial charge < -0.3 is 34.2 Å². The average molecular weight is 1610 g/mol. The molecule has 0 bridgehead atoms. The number of esters is 3. The van der Waals surface area contributed by atoms with E-state index in [1.165, 1.54) is 77.0 Å². The van der Waals surface area contributed by atoms with Crippen LogP contribution in [-0.2, 0) is 55.8 Å². The number of phosphoric acid groups is 2. The molecule has 0 aliphatic carbocycles. The monoisotopic (exact) mass is 1610 g/mol. The standard InChI is InChI=1S/C95H154O16P2/c1-4-7-10-13-16-19-22-25-28-31-34-37-39-41-42-43-44-45-46-48-50-52-54-57-60-63-66-69-72-75-78-81-93(98)105-84-90(96)85-107-112(101,102)108-86-91(97)87-109-113(103,104)110-89-92(111-95(100)83-80-77-74-71-68-65-62-59-56-51-36-33-30-27-24-21-18-15-12-9-6-3)88-106-94(99)82-79-76-73-70-67-64-61-58-55-53-49-47-40-38-35-32-29-26-23-20-17-14-11-8-5-2/h7-12,16-21,25-30,34-38,41-42,47,49,51,55,58-59,62,68,71,90-92,96-97H,4-6,13-15,22-24,31-33,39-40,43-46,48,50,52-54,56-57,60-61,63-67,69-70,72-89H2,1-3H3,(H,101,102)(H,103,104)/b10-7-,11-8-,12-9-,19-16-,20-17-,21-18-,28-25-,29-26-,30-27-,37-34-,38-35-,42-41-,49-47-,51-36-,58-55-,62-59-,71-68-. The summed E-state index contributed by atoms with van der Waals surface area (Å²) in [5.41, 5.74) is 0. The maximum Gasteiger partial charge on any atom is 0.472 e. The van der Waals surface area contributed by atoms with Crippen LogP contribution in [-0.4, -0.2) is 95.9 Å². The Morgan fingerprint density at radius 1 is 0.248 bits per heavy atom. The molecule has 640 valence electrons. The van der Waals surface area contributed by atoms with E-state index in [9.17, 15) is 43.5 Å². The zero-order valence-electron chi connectivity index (χ0n) is 70.2. The van der Waals surface area contributed by atoms with Crippen molar-refractivity contribution in [2.45, 2.75) is 334 Å². The number of aliphatic hydroxyl groups excluding tert-OH is 2. The zero-order chi connectivity index (χ0) is 82.2. The number of rotatable bonds is 80. The van der Waals surface area contributed by atoms with Gasteiger partial charge in [0.2, 0.25) is 0 Å². The highest BCUT2D eigenvalue weighted by molar-refractivity contribution is 7.47. The number of hydrogen-bond donors (Lipinski definition) is 4. The van der Waals surface area contributed by atoms with Crippen LogP contribution in [0.5, 0.6) is 0 Å². The highest BCUT2D eigenvalue weighted by atomic mass is 31.2. The van der Waals surface area contributed by atoms with Crippen LogP contribution in [0, 0.1) is 0 Å². The van der Waals surface area contributed by atoms with Crippen molar-refractivity contribution >= 4 is 33.6 Å². The van der Waals surface area contributed by atoms with Crippen LogP contribution >= 0.6 is 15.6 Å². The number of carbonyl (C=O) groups excluding carboxylic acids is 3. The average Bonchev–Trinajstić information content (AvgIpc) is 0.899. The van der Waals surface area contributed by atoms with Crippen LogP contribution in [0.15, 0.2) is 207 Å². The normalized spacial score (nSPS) is 14.9. The van der Waals surface area contributed by atoms with Gasteiger partial charge >= 0.3 is 33.6 Å². The summed E-state index contributed by atoms with van der Waals surface area (Å²) < 4.78 is 61.3. The Balaban J connectivity index is 4.66. The molecule has 0 aromatic carbocycles. The van der Waals surface area contributed by atoms with Crippen molar-refractivity contribution in [3.8, 4) is 0 Å². The first kappa shape index (κ1) is 107. The molecule has 0 aromatic heterocycles. The van der Waals surface area contributed by atoms with E-state index in [0.717, 1.165) is 173 Å². The fourth-order valence-corrected chi connectivity index (χ4v) is 12.6. The minimum Gasteiger partial charge on any atom is -0.463 e. The van der Waals surface area contributed by atoms with Gasteiger partial charge in [0.25, 0.3) is 0 Å². The molecule has 0 fully saturated rings. The third kappa shape index (κ3) is 86.8. The van der Waals surface area contributed by atoms with Gasteiger partial charge in [-0.2, -0.15) is 0 Å². The van der Waals surface area contributed by atoms with Gasteiger partial charge in [0.1, 0.15) is 25.4 Å². The van der Waals surface area contributed by atoms with Crippen molar-refractivity contribution in [1.82, 2.24) is 0 Å². The van der Waals surface area contributed by atoms with Crippen LogP contribution in [0.4, 0.5) is 0 Å². The van der Waals surface area contributed by atoms with E-state index >= 15 is 0 Å². The van der Waals surface area contributed by atoms with Gasteiger partial charge in [-0.05, 0) is 167 Å². The molecule has 16 nitrogen and oxygen atoms in total. The van der Waals surface area contributed by atoms with Crippen LogP contribution in [0.25, 0.3) is 0 Å². The molecule has 0 rings (SSSR count). The molecule has 0 aliphatic heterocycles. The lowest BCUT2D eigenvalue weighted by Crippen LogP contribution is -2.30. The Labute approximate surface area is 686 Å². The summed E-state index contributed by atoms with van der Waals surface area (Å²) >= 11 is 0. The van der Waals surface area contributed by atoms with E-state index in [1.807, 2.05) is 0 Å². The van der Waals surface area contributed by atoms with Crippen LogP contribution < -0.4 is 0 Å². The Morgan fingerprint density at radius 3 is 0.717 bits per heavy atom. The molecule has 18 heteroatoms. The number of hydrogen-bond acceptors (Lipinski definition) is 14. The van der Waals surface area contributed by atoms with Crippen molar-refractivity contribution in [2.75, 3.05) is 39.6 Å². The molecule has 113 heavy (non-hydrogen) atoms. The Kier molecular flexibility index (Phi) is 81.1. The van der Waals surface area contributed by atoms with E-state index in [0.29, 0.717) is 25.7 Å². The highest BCUT2D eigenvalue weighted by Gasteiger charge is 2.29. The largest absolute Gasteiger partial charge is 0.472 e. The second-order valence-corrected chi connectivity index (χ2v) is 31.1. The van der Waals surface area contributed by atoms with E-state index in [4.69, 9.17) is 32.3 Å². The maximum absolute atomic E-state index is 13.0. The summed E-state index contributed by atoms with van der Waals surface area (Å²) in [4.78, 5) is 58.9. The summed E-state index contributed by atoms with van der Waals surface area (Å²) in [6, 6.07) is 0. The first-order valence-electron chi connectivity index (χ1n) is 43.4. The molecule has 0 saturated heterocycles. The molecule has 5 unspecified atom stereocenters. The lowest BCUT2D eigenvalue weighted by atomic mass is 10.0. The second kappa shape index (κ2) is 85.5. The van der Waals surface area contributed by atoms with Crippen molar-refractivity contribution in [1.29, 1.82) is 0 Å². The van der Waals surface area contributed by atoms with Crippen molar-refractivity contribution in [3.05, 3.63) is 207 Å². The van der Waals surface area contributed by atoms with Crippen LogP contribution in [0.2, 0.25) is 0 Å². The summed E-state index contributed by atoms with van der Waals surface area (Å²) in [7, 11) is -9.84. The van der Waals surface area contributed by atoms with E-state index in [1.54, 1.807) is 0 Å². The molecular formula is C95H154O16P2. The molecule has 0 saturated carbocycles. The van der Waals surface area contributed by atoms with Crippen molar-refractivity contribution in [2.24, 2.45) is 0 Å². The Hall–Kier alpha value is -5.87. The Bertz CT molecular complexity index is 2880. The fourth-order valence-electron chi connectivity index (χ4n) is 11.0. The molecule has 0 spiro atoms. The SMILES string of the molecule is CC/C=C\C/C=C\C/C=C\C/C=C\C/C=C\C/C=C\CCCCCCCCC(=O)OCC(COP(=O)(O)OCC(O)COP(=O)(O)OCC(O)COC(=O)CCCCCCCCCCCCCCCCC/C=C\C/C=C\C/C=C\C/C=C\C/C=C\CC)OC(=O)CCCC/C=C\C/C=C\C/C=C\C/C=C\C/C=C\C/C=C\CC. The van der Waals surface area contributed by atoms with Crippen LogP contribution in [0.3, 0.4) is 0 Å². The number of carbonyl (C=O) groups is 3. The lowest BCUT2D eigenvalue weighted by Gasteiger charge is -2.21. The van der Waals surface area contributed by atoms with Gasteiger partial charge in [-0.3, -0.25) is 32.5 Å². The molecule has 5 atom stereocenters. The summed E-state index contributed by atoms with van der Waals surface area (Å²) in [5, 5.41) is 20.7. The molecule has 4 N–H and O–H groups in total. The minimum absolute atomic E-state index is 0.0375. The quantitative estimate of drug-likeness (QED) is 0.0146. The molecule has 0 amide bonds. The zero-order valence-corrected chi connectivity index (χ0v) is 72.0. The van der Waals surface area contributed by atoms with E-state index in [2.05, 4.69) is 227 Å². The predicted molar refractivity (Wildman–Crippen MR) is 472 cm³/mol. The summed E-state index contributed by atoms with van der Waals surface area (Å²) in [6.45, 7) is 2.27. The molecular weight excluding hydrogens is 1460 g/mol. The molecule has 0 aliphatic rings. The number of allylic oxidation sites excluding steroid dienone is 34. The number of ether oxygens (including phenoxy) is 3. The first-order chi connectivity index (χ1) is 55.2. The Morgan fingerprint density at radius 2 is 0.442 bits per heavy atom. The van der Waals surface area contributed by atoms with E-state index < -0.39 is 91.5 Å². The van der Waals surface area contributed by atoms with Gasteiger partial charge in [-0.25, -0.2) is 9.13 Å². The van der Waals surface area contributed by atoms with Gasteiger partial charge in [-0.1, -0.05) is 337 Å². The third-order valence-electron chi connectivity index (χ3n) is 17.5. The highest BCUT2D eigenvalue weighted by Crippen LogP contribution is 2.45. The maximum atomic E-state index is 13.0. The lowest BCUT2D eigenvalue weighted by molar-refractivity contribution is -0.161. The minimum atomic E-state index is -4.96. The first-order valence-corrected chi connectivity index (χ1v) is 46.4. The van der Waals surface area contributed by atoms with Crippen LogP contribution in [0.1, 0.15) is 316 Å².